The number of aliphatic hydroxyl groups is 1. The van der Waals surface area contributed by atoms with Gasteiger partial charge in [-0.25, -0.2) is 4.79 Å². The zero-order chi connectivity index (χ0) is 12.1. The predicted molar refractivity (Wildman–Crippen MR) is 61.1 cm³/mol. The summed E-state index contributed by atoms with van der Waals surface area (Å²) >= 11 is 3.30. The summed E-state index contributed by atoms with van der Waals surface area (Å²) in [6, 6.07) is 4.79. The Morgan fingerprint density at radius 1 is 1.50 bits per heavy atom. The van der Waals surface area contributed by atoms with Gasteiger partial charge in [0, 0.05) is 10.9 Å². The number of aliphatic hydroxyl groups excluding tert-OH is 1. The molecule has 16 heavy (non-hydrogen) atoms. The standard InChI is InChI=1S/C11H11BrO4/c12-9-4-3-8(10(14)11(15)16)6-7(9)2-1-5-13/h3-6,10,14H,1-2H2,(H,15,16). The predicted octanol–water partition coefficient (Wildman–Crippen LogP) is 1.70. The van der Waals surface area contributed by atoms with Crippen LogP contribution in [0.2, 0.25) is 0 Å². The molecule has 1 aromatic carbocycles. The Balaban J connectivity index is 2.97. The van der Waals surface area contributed by atoms with Gasteiger partial charge in [0.2, 0.25) is 0 Å². The van der Waals surface area contributed by atoms with Crippen molar-refractivity contribution in [3.05, 3.63) is 33.8 Å². The summed E-state index contributed by atoms with van der Waals surface area (Å²) in [6.45, 7) is 0. The van der Waals surface area contributed by atoms with Crippen LogP contribution in [0, 0.1) is 0 Å². The fourth-order valence-corrected chi connectivity index (χ4v) is 1.76. The molecule has 1 atom stereocenters. The normalized spacial score (nSPS) is 12.1. The summed E-state index contributed by atoms with van der Waals surface area (Å²) in [5.41, 5.74) is 1.13. The third-order valence-electron chi connectivity index (χ3n) is 2.15. The van der Waals surface area contributed by atoms with Gasteiger partial charge in [0.15, 0.2) is 6.10 Å². The van der Waals surface area contributed by atoms with Crippen molar-refractivity contribution in [2.45, 2.75) is 18.9 Å². The van der Waals surface area contributed by atoms with Gasteiger partial charge in [-0.1, -0.05) is 28.1 Å². The second-order valence-corrected chi connectivity index (χ2v) is 4.15. The smallest absolute Gasteiger partial charge is 0.337 e. The number of halogens is 1. The number of carbonyl (C=O) groups excluding carboxylic acids is 1. The largest absolute Gasteiger partial charge is 0.479 e. The Labute approximate surface area is 101 Å². The van der Waals surface area contributed by atoms with Gasteiger partial charge in [-0.15, -0.1) is 0 Å². The van der Waals surface area contributed by atoms with Gasteiger partial charge in [0.25, 0.3) is 0 Å². The minimum atomic E-state index is -1.52. The zero-order valence-corrected chi connectivity index (χ0v) is 9.98. The first-order chi connectivity index (χ1) is 7.56. The topological polar surface area (TPSA) is 74.6 Å². The first-order valence-electron chi connectivity index (χ1n) is 4.69. The number of carbonyl (C=O) groups is 2. The zero-order valence-electron chi connectivity index (χ0n) is 8.39. The van der Waals surface area contributed by atoms with E-state index in [0.29, 0.717) is 18.4 Å². The van der Waals surface area contributed by atoms with Gasteiger partial charge in [-0.3, -0.25) is 0 Å². The van der Waals surface area contributed by atoms with E-state index in [1.807, 2.05) is 0 Å². The summed E-state index contributed by atoms with van der Waals surface area (Å²) in [5.74, 6) is -1.29. The molecular formula is C11H11BrO4. The molecule has 2 N–H and O–H groups in total. The van der Waals surface area contributed by atoms with Crippen LogP contribution in [0.5, 0.6) is 0 Å². The monoisotopic (exact) mass is 286 g/mol. The number of hydrogen-bond donors (Lipinski definition) is 2. The molecule has 0 fully saturated rings. The van der Waals surface area contributed by atoms with E-state index >= 15 is 0 Å². The molecule has 5 heteroatoms. The highest BCUT2D eigenvalue weighted by molar-refractivity contribution is 9.10. The molecule has 1 aromatic rings. The lowest BCUT2D eigenvalue weighted by molar-refractivity contribution is -0.146. The molecule has 0 spiro atoms. The van der Waals surface area contributed by atoms with Crippen molar-refractivity contribution < 1.29 is 19.8 Å². The molecule has 0 saturated carbocycles. The van der Waals surface area contributed by atoms with E-state index in [1.54, 1.807) is 12.1 Å². The first kappa shape index (κ1) is 12.9. The Hall–Kier alpha value is -1.20. The molecule has 0 bridgehead atoms. The second-order valence-electron chi connectivity index (χ2n) is 3.30. The van der Waals surface area contributed by atoms with Crippen LogP contribution in [-0.2, 0) is 16.0 Å². The second kappa shape index (κ2) is 5.77. The number of aldehydes is 1. The minimum Gasteiger partial charge on any atom is -0.479 e. The van der Waals surface area contributed by atoms with Crippen LogP contribution in [0.15, 0.2) is 22.7 Å². The van der Waals surface area contributed by atoms with E-state index in [9.17, 15) is 14.7 Å². The molecule has 0 radical (unpaired) electrons. The number of carboxylic acid groups (broad SMARTS) is 1. The first-order valence-corrected chi connectivity index (χ1v) is 5.48. The van der Waals surface area contributed by atoms with Crippen LogP contribution in [0.4, 0.5) is 0 Å². The molecule has 0 aromatic heterocycles. The molecule has 0 heterocycles. The highest BCUT2D eigenvalue weighted by atomic mass is 79.9. The van der Waals surface area contributed by atoms with Crippen molar-refractivity contribution in [2.75, 3.05) is 0 Å². The molecule has 1 rings (SSSR count). The lowest BCUT2D eigenvalue weighted by Crippen LogP contribution is -2.10. The molecular weight excluding hydrogens is 276 g/mol. The van der Waals surface area contributed by atoms with Crippen LogP contribution in [0.3, 0.4) is 0 Å². The van der Waals surface area contributed by atoms with Crippen LogP contribution in [0.25, 0.3) is 0 Å². The highest BCUT2D eigenvalue weighted by Crippen LogP contribution is 2.23. The van der Waals surface area contributed by atoms with Crippen molar-refractivity contribution >= 4 is 28.2 Å². The van der Waals surface area contributed by atoms with E-state index in [2.05, 4.69) is 15.9 Å². The van der Waals surface area contributed by atoms with Crippen molar-refractivity contribution in [1.82, 2.24) is 0 Å². The summed E-state index contributed by atoms with van der Waals surface area (Å²) in [5, 5.41) is 18.0. The van der Waals surface area contributed by atoms with Crippen molar-refractivity contribution in [2.24, 2.45) is 0 Å². The fraction of sp³-hybridized carbons (Fsp3) is 0.273. The maximum Gasteiger partial charge on any atom is 0.337 e. The van der Waals surface area contributed by atoms with Gasteiger partial charge in [0.1, 0.15) is 6.29 Å². The Kier molecular flexibility index (Phi) is 4.64. The number of rotatable bonds is 5. The lowest BCUT2D eigenvalue weighted by atomic mass is 10.0. The average molecular weight is 287 g/mol. The SMILES string of the molecule is O=CCCc1cc(C(O)C(=O)O)ccc1Br. The maximum absolute atomic E-state index is 10.6. The van der Waals surface area contributed by atoms with E-state index in [-0.39, 0.29) is 0 Å². The molecule has 1 unspecified atom stereocenters. The van der Waals surface area contributed by atoms with Crippen molar-refractivity contribution in [3.8, 4) is 0 Å². The molecule has 0 aliphatic rings. The molecule has 86 valence electrons. The van der Waals surface area contributed by atoms with Crippen molar-refractivity contribution in [1.29, 1.82) is 0 Å². The molecule has 4 nitrogen and oxygen atoms in total. The Morgan fingerprint density at radius 2 is 2.19 bits per heavy atom. The third kappa shape index (κ3) is 3.15. The van der Waals surface area contributed by atoms with Gasteiger partial charge in [-0.05, 0) is 23.6 Å². The minimum absolute atomic E-state index is 0.316. The number of carboxylic acids is 1. The van der Waals surface area contributed by atoms with Crippen molar-refractivity contribution in [3.63, 3.8) is 0 Å². The molecule has 0 aliphatic heterocycles. The number of hydrogen-bond acceptors (Lipinski definition) is 3. The quantitative estimate of drug-likeness (QED) is 0.808. The Morgan fingerprint density at radius 3 is 2.75 bits per heavy atom. The lowest BCUT2D eigenvalue weighted by Gasteiger charge is -2.09. The highest BCUT2D eigenvalue weighted by Gasteiger charge is 2.16. The third-order valence-corrected chi connectivity index (χ3v) is 2.92. The van der Waals surface area contributed by atoms with Crippen LogP contribution < -0.4 is 0 Å². The van der Waals surface area contributed by atoms with E-state index in [0.717, 1.165) is 16.3 Å². The van der Waals surface area contributed by atoms with Gasteiger partial charge >= 0.3 is 5.97 Å². The average Bonchev–Trinajstić information content (AvgIpc) is 2.27. The van der Waals surface area contributed by atoms with Gasteiger partial charge < -0.3 is 15.0 Å². The molecule has 0 amide bonds. The van der Waals surface area contributed by atoms with E-state index < -0.39 is 12.1 Å². The fourth-order valence-electron chi connectivity index (χ4n) is 1.31. The number of benzene rings is 1. The molecule has 0 saturated heterocycles. The maximum atomic E-state index is 10.6. The summed E-state index contributed by atoms with van der Waals surface area (Å²) in [4.78, 5) is 20.8. The number of aliphatic carboxylic acids is 1. The summed E-state index contributed by atoms with van der Waals surface area (Å²) in [7, 11) is 0. The summed E-state index contributed by atoms with van der Waals surface area (Å²) < 4.78 is 0.802. The number of aryl methyl sites for hydroxylation is 1. The van der Waals surface area contributed by atoms with Crippen LogP contribution in [0.1, 0.15) is 23.7 Å². The van der Waals surface area contributed by atoms with E-state index in [1.165, 1.54) is 6.07 Å². The summed E-state index contributed by atoms with van der Waals surface area (Å²) in [6.07, 6.45) is 0.158. The van der Waals surface area contributed by atoms with Gasteiger partial charge in [-0.2, -0.15) is 0 Å². The van der Waals surface area contributed by atoms with Gasteiger partial charge in [0.05, 0.1) is 0 Å². The van der Waals surface area contributed by atoms with E-state index in [4.69, 9.17) is 5.11 Å². The Bertz CT molecular complexity index is 403. The van der Waals surface area contributed by atoms with Crippen LogP contribution in [-0.4, -0.2) is 22.5 Å². The van der Waals surface area contributed by atoms with Crippen LogP contribution >= 0.6 is 15.9 Å². The molecule has 0 aliphatic carbocycles.